The summed E-state index contributed by atoms with van der Waals surface area (Å²) >= 11 is 0. The number of hydrogen-bond donors (Lipinski definition) is 1. The van der Waals surface area contributed by atoms with Gasteiger partial charge in [-0.05, 0) is 25.8 Å². The molecule has 1 atom stereocenters. The molecule has 1 saturated carbocycles. The first-order chi connectivity index (χ1) is 9.94. The van der Waals surface area contributed by atoms with Gasteiger partial charge in [-0.3, -0.25) is 0 Å². The zero-order valence-corrected chi connectivity index (χ0v) is 12.3. The molecule has 1 N–H and O–H groups in total. The van der Waals surface area contributed by atoms with Crippen molar-refractivity contribution in [3.05, 3.63) is 35.4 Å². The van der Waals surface area contributed by atoms with Crippen LogP contribution in [0.15, 0.2) is 18.2 Å². The number of aliphatic hydroxyl groups is 1. The summed E-state index contributed by atoms with van der Waals surface area (Å²) in [6.07, 6.45) is 5.79. The van der Waals surface area contributed by atoms with E-state index in [0.29, 0.717) is 12.8 Å². The highest BCUT2D eigenvalue weighted by molar-refractivity contribution is 5.30. The number of nitriles is 1. The molecule has 2 nitrogen and oxygen atoms in total. The van der Waals surface area contributed by atoms with E-state index in [2.05, 4.69) is 6.07 Å². The highest BCUT2D eigenvalue weighted by Gasteiger charge is 2.49. The third-order valence-electron chi connectivity index (χ3n) is 4.83. The minimum atomic E-state index is -1.70. The second-order valence-electron chi connectivity index (χ2n) is 6.14. The summed E-state index contributed by atoms with van der Waals surface area (Å²) in [7, 11) is 0. The molecule has 21 heavy (non-hydrogen) atoms. The number of rotatable bonds is 2. The Kier molecular flexibility index (Phi) is 4.63. The van der Waals surface area contributed by atoms with E-state index in [9.17, 15) is 19.1 Å². The first-order valence-corrected chi connectivity index (χ1v) is 7.53. The van der Waals surface area contributed by atoms with Gasteiger partial charge in [-0.25, -0.2) is 8.78 Å². The fraction of sp³-hybridized carbons (Fsp3) is 0.588. The fourth-order valence-electron chi connectivity index (χ4n) is 3.35. The van der Waals surface area contributed by atoms with Crippen LogP contribution in [0.5, 0.6) is 0 Å². The number of hydrogen-bond acceptors (Lipinski definition) is 2. The van der Waals surface area contributed by atoms with Crippen molar-refractivity contribution in [3.63, 3.8) is 0 Å². The molecule has 1 aromatic carbocycles. The maximum Gasteiger partial charge on any atom is 0.164 e. The van der Waals surface area contributed by atoms with Crippen LogP contribution in [-0.2, 0) is 5.60 Å². The Morgan fingerprint density at radius 2 is 1.71 bits per heavy atom. The fourth-order valence-corrected chi connectivity index (χ4v) is 3.35. The molecule has 1 aliphatic rings. The van der Waals surface area contributed by atoms with Crippen molar-refractivity contribution in [3.8, 4) is 6.07 Å². The third-order valence-corrected chi connectivity index (χ3v) is 4.83. The van der Waals surface area contributed by atoms with E-state index in [4.69, 9.17) is 0 Å². The van der Waals surface area contributed by atoms with Gasteiger partial charge in [0, 0.05) is 5.56 Å². The Balaban J connectivity index is 2.47. The molecular weight excluding hydrogens is 272 g/mol. The van der Waals surface area contributed by atoms with Crippen LogP contribution in [0.2, 0.25) is 0 Å². The molecule has 114 valence electrons. The lowest BCUT2D eigenvalue weighted by Crippen LogP contribution is -2.44. The average molecular weight is 293 g/mol. The summed E-state index contributed by atoms with van der Waals surface area (Å²) < 4.78 is 27.6. The summed E-state index contributed by atoms with van der Waals surface area (Å²) in [4.78, 5) is 0. The molecule has 0 amide bonds. The predicted molar refractivity (Wildman–Crippen MR) is 76.3 cm³/mol. The molecule has 0 spiro atoms. The van der Waals surface area contributed by atoms with Crippen LogP contribution in [-0.4, -0.2) is 5.11 Å². The monoisotopic (exact) mass is 293 g/mol. The molecular formula is C17H21F2NO. The Hall–Kier alpha value is -1.47. The summed E-state index contributed by atoms with van der Waals surface area (Å²) in [6.45, 7) is 1.44. The summed E-state index contributed by atoms with van der Waals surface area (Å²) in [6, 6.07) is 5.99. The molecule has 0 saturated heterocycles. The Morgan fingerprint density at radius 1 is 1.14 bits per heavy atom. The van der Waals surface area contributed by atoms with Crippen molar-refractivity contribution >= 4 is 0 Å². The van der Waals surface area contributed by atoms with E-state index in [1.165, 1.54) is 19.1 Å². The molecule has 0 radical (unpaired) electrons. The van der Waals surface area contributed by atoms with Crippen LogP contribution in [0.3, 0.4) is 0 Å². The van der Waals surface area contributed by atoms with Crippen LogP contribution < -0.4 is 0 Å². The molecule has 1 unspecified atom stereocenters. The molecule has 0 heterocycles. The van der Waals surface area contributed by atoms with Crippen LogP contribution in [0.4, 0.5) is 8.78 Å². The minimum absolute atomic E-state index is 0.121. The van der Waals surface area contributed by atoms with Gasteiger partial charge < -0.3 is 5.11 Å². The van der Waals surface area contributed by atoms with Gasteiger partial charge in [-0.1, -0.05) is 44.2 Å². The van der Waals surface area contributed by atoms with E-state index in [1.807, 2.05) is 0 Å². The minimum Gasteiger partial charge on any atom is -0.384 e. The van der Waals surface area contributed by atoms with Crippen molar-refractivity contribution < 1.29 is 13.9 Å². The second-order valence-corrected chi connectivity index (χ2v) is 6.14. The largest absolute Gasteiger partial charge is 0.384 e. The number of halogens is 2. The van der Waals surface area contributed by atoms with Gasteiger partial charge in [0.25, 0.3) is 0 Å². The van der Waals surface area contributed by atoms with Gasteiger partial charge in [-0.15, -0.1) is 0 Å². The first-order valence-electron chi connectivity index (χ1n) is 7.53. The van der Waals surface area contributed by atoms with E-state index < -0.39 is 22.7 Å². The standard InChI is InChI=1S/C17H21F2NO/c1-16(21,13-8-7-9-14(18)15(13)19)17(12-20)10-5-3-2-4-6-11-17/h7-9,21H,2-6,10-11H2,1H3. The van der Waals surface area contributed by atoms with Gasteiger partial charge in [-0.2, -0.15) is 5.26 Å². The SMILES string of the molecule is CC(O)(c1cccc(F)c1F)C1(C#N)CCCCCCC1. The number of benzene rings is 1. The highest BCUT2D eigenvalue weighted by atomic mass is 19.2. The lowest BCUT2D eigenvalue weighted by atomic mass is 9.64. The van der Waals surface area contributed by atoms with E-state index in [0.717, 1.165) is 38.2 Å². The molecule has 2 rings (SSSR count). The Bertz CT molecular complexity index is 540. The van der Waals surface area contributed by atoms with Crippen molar-refractivity contribution in [2.75, 3.05) is 0 Å². The molecule has 0 aliphatic heterocycles. The van der Waals surface area contributed by atoms with Crippen molar-refractivity contribution in [2.24, 2.45) is 5.41 Å². The van der Waals surface area contributed by atoms with Crippen LogP contribution in [0.25, 0.3) is 0 Å². The van der Waals surface area contributed by atoms with Crippen LogP contribution in [0.1, 0.15) is 57.4 Å². The summed E-state index contributed by atoms with van der Waals surface area (Å²) in [5.74, 6) is -2.05. The zero-order valence-electron chi connectivity index (χ0n) is 12.3. The number of nitrogens with zero attached hydrogens (tertiary/aromatic N) is 1. The lowest BCUT2D eigenvalue weighted by Gasteiger charge is -2.42. The second kappa shape index (κ2) is 6.11. The first kappa shape index (κ1) is 15.9. The molecule has 1 aliphatic carbocycles. The van der Waals surface area contributed by atoms with Gasteiger partial charge in [0.15, 0.2) is 11.6 Å². The third kappa shape index (κ3) is 2.80. The zero-order chi connectivity index (χ0) is 15.5. The van der Waals surface area contributed by atoms with E-state index in [1.54, 1.807) is 0 Å². The lowest BCUT2D eigenvalue weighted by molar-refractivity contribution is -0.0611. The van der Waals surface area contributed by atoms with Crippen LogP contribution in [0, 0.1) is 28.4 Å². The van der Waals surface area contributed by atoms with Crippen molar-refractivity contribution in [2.45, 2.75) is 57.5 Å². The van der Waals surface area contributed by atoms with Gasteiger partial charge in [0.2, 0.25) is 0 Å². The smallest absolute Gasteiger partial charge is 0.164 e. The molecule has 1 fully saturated rings. The predicted octanol–water partition coefficient (Wildman–Crippen LogP) is 4.43. The van der Waals surface area contributed by atoms with Gasteiger partial charge in [0.05, 0.1) is 11.5 Å². The average Bonchev–Trinajstić information content (AvgIpc) is 2.41. The molecule has 0 aromatic heterocycles. The summed E-state index contributed by atoms with van der Waals surface area (Å²) in [5.41, 5.74) is -2.89. The van der Waals surface area contributed by atoms with E-state index >= 15 is 0 Å². The Labute approximate surface area is 124 Å². The van der Waals surface area contributed by atoms with Crippen molar-refractivity contribution in [1.82, 2.24) is 0 Å². The van der Waals surface area contributed by atoms with Gasteiger partial charge in [0.1, 0.15) is 5.60 Å². The normalized spacial score (nSPS) is 21.7. The molecule has 1 aromatic rings. The van der Waals surface area contributed by atoms with Gasteiger partial charge >= 0.3 is 0 Å². The van der Waals surface area contributed by atoms with E-state index in [-0.39, 0.29) is 5.56 Å². The summed E-state index contributed by atoms with van der Waals surface area (Å²) in [5, 5.41) is 20.6. The van der Waals surface area contributed by atoms with Crippen molar-refractivity contribution in [1.29, 1.82) is 5.26 Å². The quantitative estimate of drug-likeness (QED) is 0.876. The maximum absolute atomic E-state index is 14.1. The highest BCUT2D eigenvalue weighted by Crippen LogP contribution is 2.48. The topological polar surface area (TPSA) is 44.0 Å². The Morgan fingerprint density at radius 3 is 2.29 bits per heavy atom. The maximum atomic E-state index is 14.1. The van der Waals surface area contributed by atoms with Crippen LogP contribution >= 0.6 is 0 Å². The molecule has 4 heteroatoms. The molecule has 0 bridgehead atoms.